The van der Waals surface area contributed by atoms with E-state index < -0.39 is 10.0 Å². The Morgan fingerprint density at radius 1 is 1.14 bits per heavy atom. The van der Waals surface area contributed by atoms with Crippen LogP contribution in [0.1, 0.15) is 16.7 Å². The van der Waals surface area contributed by atoms with E-state index in [0.29, 0.717) is 23.5 Å². The van der Waals surface area contributed by atoms with E-state index in [4.69, 9.17) is 10.9 Å². The highest BCUT2D eigenvalue weighted by Crippen LogP contribution is 2.26. The van der Waals surface area contributed by atoms with Gasteiger partial charge in [-0.3, -0.25) is 0 Å². The van der Waals surface area contributed by atoms with Crippen LogP contribution >= 0.6 is 0 Å². The largest absolute Gasteiger partial charge is 0.399 e. The monoisotopic (exact) mass is 305 g/mol. The fourth-order valence-electron chi connectivity index (χ4n) is 2.19. The molecular weight excluding hydrogens is 286 g/mol. The van der Waals surface area contributed by atoms with E-state index in [0.717, 1.165) is 5.56 Å². The van der Waals surface area contributed by atoms with Crippen molar-refractivity contribution in [1.82, 2.24) is 0 Å². The predicted molar refractivity (Wildman–Crippen MR) is 85.5 cm³/mol. The van der Waals surface area contributed by atoms with Crippen LogP contribution in [0.25, 0.3) is 0 Å². The molecular formula is C15H19N3O2S. The highest BCUT2D eigenvalue weighted by molar-refractivity contribution is 7.89. The highest BCUT2D eigenvalue weighted by Gasteiger charge is 2.15. The van der Waals surface area contributed by atoms with E-state index in [1.165, 1.54) is 11.6 Å². The first-order valence-corrected chi connectivity index (χ1v) is 8.05. The molecule has 5 N–H and O–H groups in total. The number of rotatable bonds is 4. The molecule has 112 valence electrons. The third kappa shape index (κ3) is 3.53. The number of nitrogen functional groups attached to an aromatic ring is 1. The first-order valence-electron chi connectivity index (χ1n) is 6.50. The second-order valence-electron chi connectivity index (χ2n) is 5.02. The van der Waals surface area contributed by atoms with E-state index in [1.807, 2.05) is 31.2 Å². The van der Waals surface area contributed by atoms with Crippen molar-refractivity contribution >= 4 is 21.4 Å². The van der Waals surface area contributed by atoms with Crippen LogP contribution in [0.15, 0.2) is 41.3 Å². The minimum Gasteiger partial charge on any atom is -0.399 e. The summed E-state index contributed by atoms with van der Waals surface area (Å²) in [5.74, 6) is 0. The third-order valence-corrected chi connectivity index (χ3v) is 4.46. The first-order chi connectivity index (χ1) is 9.79. The zero-order valence-electron chi connectivity index (χ0n) is 12.1. The maximum Gasteiger partial charge on any atom is 0.238 e. The molecule has 6 heteroatoms. The summed E-state index contributed by atoms with van der Waals surface area (Å²) in [4.78, 5) is 0.0507. The van der Waals surface area contributed by atoms with Crippen LogP contribution in [-0.2, 0) is 16.6 Å². The van der Waals surface area contributed by atoms with Gasteiger partial charge < -0.3 is 11.1 Å². The minimum absolute atomic E-state index is 0.0507. The summed E-state index contributed by atoms with van der Waals surface area (Å²) in [7, 11) is -3.79. The zero-order chi connectivity index (χ0) is 15.6. The number of hydrogen-bond donors (Lipinski definition) is 3. The van der Waals surface area contributed by atoms with Gasteiger partial charge in [-0.1, -0.05) is 24.3 Å². The van der Waals surface area contributed by atoms with Gasteiger partial charge in [0.2, 0.25) is 10.0 Å². The van der Waals surface area contributed by atoms with Gasteiger partial charge in [0, 0.05) is 17.9 Å². The summed E-state index contributed by atoms with van der Waals surface area (Å²) in [5, 5.41) is 8.44. The second kappa shape index (κ2) is 5.75. The Labute approximate surface area is 125 Å². The van der Waals surface area contributed by atoms with E-state index in [2.05, 4.69) is 5.32 Å². The van der Waals surface area contributed by atoms with Gasteiger partial charge in [0.25, 0.3) is 0 Å². The Bertz CT molecular complexity index is 770. The standard InChI is InChI=1S/C15H19N3O2S/c1-10-5-3-4-6-12(10)9-18-14-7-13(16)8-15(11(14)2)21(17,19)20/h3-8,18H,9,16H2,1-2H3,(H2,17,19,20). The summed E-state index contributed by atoms with van der Waals surface area (Å²) in [6.45, 7) is 4.32. The van der Waals surface area contributed by atoms with Crippen molar-refractivity contribution in [1.29, 1.82) is 0 Å². The predicted octanol–water partition coefficient (Wildman–Crippen LogP) is 2.15. The molecule has 0 heterocycles. The summed E-state index contributed by atoms with van der Waals surface area (Å²) in [6, 6.07) is 11.1. The molecule has 0 unspecified atom stereocenters. The van der Waals surface area contributed by atoms with Crippen molar-refractivity contribution in [2.45, 2.75) is 25.3 Å². The Kier molecular flexibility index (Phi) is 4.20. The Morgan fingerprint density at radius 2 is 1.81 bits per heavy atom. The molecule has 0 saturated carbocycles. The number of benzene rings is 2. The molecule has 5 nitrogen and oxygen atoms in total. The van der Waals surface area contributed by atoms with Crippen molar-refractivity contribution in [3.8, 4) is 0 Å². The summed E-state index contributed by atoms with van der Waals surface area (Å²) in [6.07, 6.45) is 0. The second-order valence-corrected chi connectivity index (χ2v) is 6.55. The van der Waals surface area contributed by atoms with Gasteiger partial charge >= 0.3 is 0 Å². The maximum absolute atomic E-state index is 11.6. The van der Waals surface area contributed by atoms with Crippen LogP contribution in [0.2, 0.25) is 0 Å². The molecule has 0 bridgehead atoms. The normalized spacial score (nSPS) is 11.4. The molecule has 0 fully saturated rings. The molecule has 0 spiro atoms. The van der Waals surface area contributed by atoms with Gasteiger partial charge in [-0.2, -0.15) is 0 Å². The molecule has 0 amide bonds. The lowest BCUT2D eigenvalue weighted by Gasteiger charge is -2.14. The van der Waals surface area contributed by atoms with Crippen molar-refractivity contribution in [3.05, 3.63) is 53.1 Å². The van der Waals surface area contributed by atoms with Gasteiger partial charge in [-0.25, -0.2) is 13.6 Å². The van der Waals surface area contributed by atoms with Gasteiger partial charge in [0.05, 0.1) is 4.90 Å². The average molecular weight is 305 g/mol. The number of nitrogens with one attached hydrogen (secondary N) is 1. The topological polar surface area (TPSA) is 98.2 Å². The summed E-state index contributed by atoms with van der Waals surface area (Å²) in [5.41, 5.74) is 9.66. The van der Waals surface area contributed by atoms with Crippen LogP contribution in [0.5, 0.6) is 0 Å². The van der Waals surface area contributed by atoms with Gasteiger partial charge in [-0.05, 0) is 42.7 Å². The Hall–Kier alpha value is -2.05. The molecule has 2 rings (SSSR count). The number of hydrogen-bond acceptors (Lipinski definition) is 4. The third-order valence-electron chi connectivity index (χ3n) is 3.42. The van der Waals surface area contributed by atoms with Crippen molar-refractivity contribution in [2.75, 3.05) is 11.1 Å². The van der Waals surface area contributed by atoms with Crippen LogP contribution < -0.4 is 16.2 Å². The Balaban J connectivity index is 2.33. The van der Waals surface area contributed by atoms with Crippen molar-refractivity contribution in [2.24, 2.45) is 5.14 Å². The van der Waals surface area contributed by atoms with Gasteiger partial charge in [0.15, 0.2) is 0 Å². The van der Waals surface area contributed by atoms with Crippen molar-refractivity contribution < 1.29 is 8.42 Å². The lowest BCUT2D eigenvalue weighted by molar-refractivity contribution is 0.597. The Morgan fingerprint density at radius 3 is 2.43 bits per heavy atom. The smallest absolute Gasteiger partial charge is 0.238 e. The molecule has 21 heavy (non-hydrogen) atoms. The molecule has 2 aromatic carbocycles. The molecule has 0 aliphatic carbocycles. The molecule has 0 radical (unpaired) electrons. The van der Waals surface area contributed by atoms with E-state index in [-0.39, 0.29) is 4.90 Å². The summed E-state index contributed by atoms with van der Waals surface area (Å²) < 4.78 is 23.2. The molecule has 2 aromatic rings. The SMILES string of the molecule is Cc1ccccc1CNc1cc(N)cc(S(N)(=O)=O)c1C. The van der Waals surface area contributed by atoms with Crippen LogP contribution in [0.3, 0.4) is 0 Å². The number of nitrogens with two attached hydrogens (primary N) is 2. The summed E-state index contributed by atoms with van der Waals surface area (Å²) >= 11 is 0. The van der Waals surface area contributed by atoms with E-state index in [9.17, 15) is 8.42 Å². The van der Waals surface area contributed by atoms with Crippen LogP contribution in [0, 0.1) is 13.8 Å². The number of sulfonamides is 1. The van der Waals surface area contributed by atoms with Crippen molar-refractivity contribution in [3.63, 3.8) is 0 Å². The van der Waals surface area contributed by atoms with E-state index in [1.54, 1.807) is 13.0 Å². The minimum atomic E-state index is -3.79. The van der Waals surface area contributed by atoms with E-state index >= 15 is 0 Å². The lowest BCUT2D eigenvalue weighted by atomic mass is 10.1. The molecule has 0 atom stereocenters. The number of primary sulfonamides is 1. The molecule has 0 aromatic heterocycles. The lowest BCUT2D eigenvalue weighted by Crippen LogP contribution is -2.15. The molecule has 0 aliphatic rings. The van der Waals surface area contributed by atoms with Crippen LogP contribution in [-0.4, -0.2) is 8.42 Å². The maximum atomic E-state index is 11.6. The van der Waals surface area contributed by atoms with Gasteiger partial charge in [-0.15, -0.1) is 0 Å². The fraction of sp³-hybridized carbons (Fsp3) is 0.200. The van der Waals surface area contributed by atoms with Crippen LogP contribution in [0.4, 0.5) is 11.4 Å². The zero-order valence-corrected chi connectivity index (χ0v) is 12.9. The van der Waals surface area contributed by atoms with Gasteiger partial charge in [0.1, 0.15) is 0 Å². The molecule has 0 aliphatic heterocycles. The average Bonchev–Trinajstić information content (AvgIpc) is 2.39. The number of anilines is 2. The fourth-order valence-corrected chi connectivity index (χ4v) is 3.02. The molecule has 0 saturated heterocycles. The number of aryl methyl sites for hydroxylation is 1. The quantitative estimate of drug-likeness (QED) is 0.754. The first kappa shape index (κ1) is 15.3. The highest BCUT2D eigenvalue weighted by atomic mass is 32.2.